The van der Waals surface area contributed by atoms with Gasteiger partial charge in [0.25, 0.3) is 0 Å². The molecule has 0 fully saturated rings. The van der Waals surface area contributed by atoms with Crippen LogP contribution in [-0.2, 0) is 6.42 Å². The maximum Gasteiger partial charge on any atom is 0.0319 e. The molecule has 1 N–H and O–H groups in total. The van der Waals surface area contributed by atoms with Crippen molar-refractivity contribution < 1.29 is 0 Å². The molecule has 0 saturated carbocycles. The molecule has 0 bridgehead atoms. The number of benzene rings is 1. The molecule has 1 aliphatic rings. The first-order chi connectivity index (χ1) is 9.79. The fourth-order valence-electron chi connectivity index (χ4n) is 2.97. The van der Waals surface area contributed by atoms with E-state index in [-0.39, 0.29) is 0 Å². The van der Waals surface area contributed by atoms with Gasteiger partial charge in [-0.3, -0.25) is 0 Å². The molecule has 0 spiro atoms. The van der Waals surface area contributed by atoms with E-state index >= 15 is 0 Å². The quantitative estimate of drug-likeness (QED) is 0.724. The van der Waals surface area contributed by atoms with Crippen LogP contribution in [0.2, 0.25) is 0 Å². The molecule has 0 radical (unpaired) electrons. The fraction of sp³-hybridized carbons (Fsp3) is 0.556. The second kappa shape index (κ2) is 8.63. The molecule has 0 aliphatic heterocycles. The summed E-state index contributed by atoms with van der Waals surface area (Å²) in [6.07, 6.45) is 11.7. The summed E-state index contributed by atoms with van der Waals surface area (Å²) >= 11 is 3.51. The van der Waals surface area contributed by atoms with E-state index < -0.39 is 0 Å². The van der Waals surface area contributed by atoms with Gasteiger partial charge in [0.15, 0.2) is 0 Å². The Morgan fingerprint density at radius 3 is 2.60 bits per heavy atom. The molecular formula is C18H26BrN. The van der Waals surface area contributed by atoms with Crippen molar-refractivity contribution in [3.8, 4) is 0 Å². The highest BCUT2D eigenvalue weighted by atomic mass is 79.9. The van der Waals surface area contributed by atoms with Gasteiger partial charge in [-0.1, -0.05) is 59.5 Å². The maximum absolute atomic E-state index is 3.68. The van der Waals surface area contributed by atoms with Crippen LogP contribution in [-0.4, -0.2) is 12.6 Å². The Labute approximate surface area is 132 Å². The van der Waals surface area contributed by atoms with Gasteiger partial charge in [0.05, 0.1) is 0 Å². The van der Waals surface area contributed by atoms with Crippen molar-refractivity contribution in [3.05, 3.63) is 46.0 Å². The summed E-state index contributed by atoms with van der Waals surface area (Å²) < 4.78 is 1.16. The lowest BCUT2D eigenvalue weighted by Gasteiger charge is -2.23. The number of allylic oxidation sites excluding steroid dienone is 1. The molecule has 1 unspecified atom stereocenters. The van der Waals surface area contributed by atoms with Crippen LogP contribution in [0.15, 0.2) is 40.4 Å². The van der Waals surface area contributed by atoms with Crippen LogP contribution in [0.4, 0.5) is 0 Å². The number of halogens is 1. The summed E-state index contributed by atoms with van der Waals surface area (Å²) in [5.41, 5.74) is 3.05. The second-order valence-electron chi connectivity index (χ2n) is 5.67. The monoisotopic (exact) mass is 335 g/mol. The molecule has 0 amide bonds. The van der Waals surface area contributed by atoms with Crippen molar-refractivity contribution in [3.63, 3.8) is 0 Å². The molecule has 1 aromatic carbocycles. The van der Waals surface area contributed by atoms with Crippen LogP contribution < -0.4 is 5.32 Å². The number of hydrogen-bond donors (Lipinski definition) is 1. The molecule has 1 atom stereocenters. The predicted octanol–water partition coefficient (Wildman–Crippen LogP) is 5.25. The first-order valence-electron chi connectivity index (χ1n) is 7.96. The largest absolute Gasteiger partial charge is 0.310 e. The molecule has 2 heteroatoms. The molecular weight excluding hydrogens is 310 g/mol. The summed E-state index contributed by atoms with van der Waals surface area (Å²) in [6, 6.07) is 9.27. The van der Waals surface area contributed by atoms with E-state index in [2.05, 4.69) is 58.5 Å². The summed E-state index contributed by atoms with van der Waals surface area (Å²) in [7, 11) is 0. The molecule has 0 heterocycles. The topological polar surface area (TPSA) is 12.0 Å². The Morgan fingerprint density at radius 1 is 1.10 bits per heavy atom. The molecule has 20 heavy (non-hydrogen) atoms. The normalized spacial score (nSPS) is 20.6. The summed E-state index contributed by atoms with van der Waals surface area (Å²) in [5, 5.41) is 3.68. The second-order valence-corrected chi connectivity index (χ2v) is 6.59. The minimum absolute atomic E-state index is 0.513. The van der Waals surface area contributed by atoms with Crippen LogP contribution >= 0.6 is 15.9 Å². The molecule has 110 valence electrons. The highest BCUT2D eigenvalue weighted by Gasteiger charge is 2.14. The van der Waals surface area contributed by atoms with Crippen LogP contribution in [0.25, 0.3) is 0 Å². The van der Waals surface area contributed by atoms with Gasteiger partial charge in [-0.2, -0.15) is 0 Å². The highest BCUT2D eigenvalue weighted by Crippen LogP contribution is 2.22. The third kappa shape index (κ3) is 5.06. The van der Waals surface area contributed by atoms with Crippen LogP contribution in [0, 0.1) is 0 Å². The smallest absolute Gasteiger partial charge is 0.0319 e. The standard InChI is InChI=1S/C18H26BrN/c1-2-20-18(14-15-10-12-17(19)13-11-15)16-8-6-4-3-5-7-9-16/h8,10-13,18,20H,2-7,9,14H2,1H3/b16-8+. The third-order valence-electron chi connectivity index (χ3n) is 4.08. The highest BCUT2D eigenvalue weighted by molar-refractivity contribution is 9.10. The van der Waals surface area contributed by atoms with Gasteiger partial charge in [0.2, 0.25) is 0 Å². The number of likely N-dealkylation sites (N-methyl/N-ethyl adjacent to an activating group) is 1. The van der Waals surface area contributed by atoms with E-state index in [0.717, 1.165) is 17.4 Å². The predicted molar refractivity (Wildman–Crippen MR) is 91.1 cm³/mol. The van der Waals surface area contributed by atoms with Gasteiger partial charge in [-0.05, 0) is 56.3 Å². The van der Waals surface area contributed by atoms with Crippen LogP contribution in [0.1, 0.15) is 51.0 Å². The summed E-state index contributed by atoms with van der Waals surface area (Å²) in [6.45, 7) is 3.25. The van der Waals surface area contributed by atoms with Crippen molar-refractivity contribution in [2.45, 2.75) is 57.9 Å². The van der Waals surface area contributed by atoms with Gasteiger partial charge in [-0.15, -0.1) is 0 Å². The lowest BCUT2D eigenvalue weighted by molar-refractivity contribution is 0.536. The van der Waals surface area contributed by atoms with E-state index in [1.54, 1.807) is 5.57 Å². The minimum atomic E-state index is 0.513. The van der Waals surface area contributed by atoms with Gasteiger partial charge in [-0.25, -0.2) is 0 Å². The van der Waals surface area contributed by atoms with Gasteiger partial charge in [0, 0.05) is 10.5 Å². The summed E-state index contributed by atoms with van der Waals surface area (Å²) in [4.78, 5) is 0. The van der Waals surface area contributed by atoms with E-state index in [1.807, 2.05) is 0 Å². The molecule has 2 rings (SSSR count). The SMILES string of the molecule is CCNC(Cc1ccc(Br)cc1)/C1=C/CCCCCC1. The van der Waals surface area contributed by atoms with Crippen molar-refractivity contribution in [1.82, 2.24) is 5.32 Å². The van der Waals surface area contributed by atoms with Crippen molar-refractivity contribution in [1.29, 1.82) is 0 Å². The van der Waals surface area contributed by atoms with Gasteiger partial charge >= 0.3 is 0 Å². The number of nitrogens with one attached hydrogen (secondary N) is 1. The van der Waals surface area contributed by atoms with Gasteiger partial charge in [0.1, 0.15) is 0 Å². The molecule has 1 aliphatic carbocycles. The summed E-state index contributed by atoms with van der Waals surface area (Å²) in [5.74, 6) is 0. The zero-order valence-corrected chi connectivity index (χ0v) is 14.1. The number of rotatable bonds is 5. The minimum Gasteiger partial charge on any atom is -0.310 e. The average molecular weight is 336 g/mol. The Morgan fingerprint density at radius 2 is 1.85 bits per heavy atom. The van der Waals surface area contributed by atoms with E-state index in [0.29, 0.717) is 6.04 Å². The fourth-order valence-corrected chi connectivity index (χ4v) is 3.23. The van der Waals surface area contributed by atoms with Crippen LogP contribution in [0.3, 0.4) is 0 Å². The van der Waals surface area contributed by atoms with E-state index in [4.69, 9.17) is 0 Å². The Balaban J connectivity index is 2.06. The Hall–Kier alpha value is -0.600. The average Bonchev–Trinajstić information content (AvgIpc) is 2.41. The van der Waals surface area contributed by atoms with Crippen molar-refractivity contribution >= 4 is 15.9 Å². The van der Waals surface area contributed by atoms with Gasteiger partial charge < -0.3 is 5.32 Å². The molecule has 1 nitrogen and oxygen atoms in total. The first-order valence-corrected chi connectivity index (χ1v) is 8.75. The molecule has 0 aromatic heterocycles. The van der Waals surface area contributed by atoms with Crippen molar-refractivity contribution in [2.24, 2.45) is 0 Å². The molecule has 1 aromatic rings. The third-order valence-corrected chi connectivity index (χ3v) is 4.61. The first kappa shape index (κ1) is 15.8. The Bertz CT molecular complexity index is 422. The van der Waals surface area contributed by atoms with E-state index in [1.165, 1.54) is 44.1 Å². The van der Waals surface area contributed by atoms with Crippen molar-refractivity contribution in [2.75, 3.05) is 6.54 Å². The lowest BCUT2D eigenvalue weighted by Crippen LogP contribution is -2.33. The maximum atomic E-state index is 3.68. The van der Waals surface area contributed by atoms with E-state index in [9.17, 15) is 0 Å². The van der Waals surface area contributed by atoms with Crippen LogP contribution in [0.5, 0.6) is 0 Å². The zero-order chi connectivity index (χ0) is 14.2. The Kier molecular flexibility index (Phi) is 6.81. The lowest BCUT2D eigenvalue weighted by atomic mass is 9.91. The molecule has 0 saturated heterocycles. The number of hydrogen-bond acceptors (Lipinski definition) is 1. The zero-order valence-electron chi connectivity index (χ0n) is 12.5.